The van der Waals surface area contributed by atoms with Gasteiger partial charge in [0.1, 0.15) is 0 Å². The number of rotatable bonds is 5. The molecule has 1 rings (SSSR count). The molecule has 2 atom stereocenters. The monoisotopic (exact) mass is 264 g/mol. The SMILES string of the molecule is C=C/C=C(\[C@@H](O)C(C)C)S(=O)c1ccc(C)cc1. The maximum atomic E-state index is 12.4. The van der Waals surface area contributed by atoms with E-state index in [0.717, 1.165) is 5.56 Å². The minimum atomic E-state index is -1.34. The molecule has 0 aromatic heterocycles. The lowest BCUT2D eigenvalue weighted by Crippen LogP contribution is -2.20. The van der Waals surface area contributed by atoms with E-state index in [1.807, 2.05) is 45.0 Å². The summed E-state index contributed by atoms with van der Waals surface area (Å²) in [6.45, 7) is 9.39. The molecule has 0 heterocycles. The average molecular weight is 264 g/mol. The van der Waals surface area contributed by atoms with Gasteiger partial charge in [-0.05, 0) is 31.1 Å². The Balaban J connectivity index is 3.08. The molecule has 1 N–H and O–H groups in total. The zero-order chi connectivity index (χ0) is 13.7. The third-order valence-corrected chi connectivity index (χ3v) is 4.16. The van der Waals surface area contributed by atoms with Gasteiger partial charge >= 0.3 is 0 Å². The molecule has 0 amide bonds. The van der Waals surface area contributed by atoms with Crippen LogP contribution in [-0.2, 0) is 10.8 Å². The second kappa shape index (κ2) is 6.66. The van der Waals surface area contributed by atoms with Gasteiger partial charge in [0.2, 0.25) is 0 Å². The molecule has 0 saturated carbocycles. The van der Waals surface area contributed by atoms with Crippen LogP contribution in [0.1, 0.15) is 19.4 Å². The van der Waals surface area contributed by atoms with E-state index in [1.54, 1.807) is 12.2 Å². The quantitative estimate of drug-likeness (QED) is 0.829. The summed E-state index contributed by atoms with van der Waals surface area (Å²) in [6.07, 6.45) is 2.48. The lowest BCUT2D eigenvalue weighted by molar-refractivity contribution is 0.168. The number of hydrogen-bond donors (Lipinski definition) is 1. The predicted octanol–water partition coefficient (Wildman–Crippen LogP) is 3.19. The highest BCUT2D eigenvalue weighted by Crippen LogP contribution is 2.22. The van der Waals surface area contributed by atoms with E-state index < -0.39 is 16.9 Å². The molecule has 0 aliphatic carbocycles. The van der Waals surface area contributed by atoms with E-state index in [1.165, 1.54) is 0 Å². The number of aliphatic hydroxyl groups excluding tert-OH is 1. The fourth-order valence-electron chi connectivity index (χ4n) is 1.51. The number of aliphatic hydroxyl groups is 1. The Labute approximate surface area is 112 Å². The summed E-state index contributed by atoms with van der Waals surface area (Å²) in [6, 6.07) is 7.49. The molecular formula is C15H20O2S. The Morgan fingerprint density at radius 3 is 2.33 bits per heavy atom. The van der Waals surface area contributed by atoms with Gasteiger partial charge in [-0.25, -0.2) is 4.21 Å². The van der Waals surface area contributed by atoms with Crippen LogP contribution in [0.5, 0.6) is 0 Å². The van der Waals surface area contributed by atoms with Gasteiger partial charge < -0.3 is 5.11 Å². The van der Waals surface area contributed by atoms with Gasteiger partial charge in [0.25, 0.3) is 0 Å². The van der Waals surface area contributed by atoms with E-state index in [2.05, 4.69) is 6.58 Å². The van der Waals surface area contributed by atoms with Crippen molar-refractivity contribution in [1.29, 1.82) is 0 Å². The second-order valence-electron chi connectivity index (χ2n) is 4.58. The van der Waals surface area contributed by atoms with Gasteiger partial charge in [-0.15, -0.1) is 0 Å². The van der Waals surface area contributed by atoms with Crippen LogP contribution in [0.15, 0.2) is 52.8 Å². The Morgan fingerprint density at radius 2 is 1.89 bits per heavy atom. The minimum absolute atomic E-state index is 0.0191. The molecule has 1 aromatic carbocycles. The Morgan fingerprint density at radius 1 is 1.33 bits per heavy atom. The van der Waals surface area contributed by atoms with E-state index in [4.69, 9.17) is 0 Å². The van der Waals surface area contributed by atoms with Crippen molar-refractivity contribution < 1.29 is 9.32 Å². The Bertz CT molecular complexity index is 458. The molecule has 0 fully saturated rings. The fraction of sp³-hybridized carbons (Fsp3) is 0.333. The summed E-state index contributed by atoms with van der Waals surface area (Å²) in [5.41, 5.74) is 1.12. The smallest absolute Gasteiger partial charge is 0.0899 e. The van der Waals surface area contributed by atoms with Gasteiger partial charge in [-0.3, -0.25) is 0 Å². The van der Waals surface area contributed by atoms with Crippen LogP contribution < -0.4 is 0 Å². The van der Waals surface area contributed by atoms with Crippen LogP contribution in [-0.4, -0.2) is 15.4 Å². The van der Waals surface area contributed by atoms with Gasteiger partial charge in [-0.1, -0.05) is 44.2 Å². The highest BCUT2D eigenvalue weighted by molar-refractivity contribution is 7.89. The number of benzene rings is 1. The van der Waals surface area contributed by atoms with Crippen molar-refractivity contribution in [2.45, 2.75) is 31.8 Å². The van der Waals surface area contributed by atoms with E-state index in [-0.39, 0.29) is 5.92 Å². The molecular weight excluding hydrogens is 244 g/mol. The van der Waals surface area contributed by atoms with Crippen LogP contribution in [0.3, 0.4) is 0 Å². The summed E-state index contributed by atoms with van der Waals surface area (Å²) < 4.78 is 12.4. The van der Waals surface area contributed by atoms with E-state index in [0.29, 0.717) is 9.80 Å². The number of aryl methyl sites for hydroxylation is 1. The summed E-state index contributed by atoms with van der Waals surface area (Å²) in [7, 11) is -1.34. The maximum absolute atomic E-state index is 12.4. The predicted molar refractivity (Wildman–Crippen MR) is 76.7 cm³/mol. The molecule has 0 saturated heterocycles. The molecule has 0 spiro atoms. The van der Waals surface area contributed by atoms with E-state index in [9.17, 15) is 9.32 Å². The van der Waals surface area contributed by atoms with Gasteiger partial charge in [0, 0.05) is 9.80 Å². The molecule has 0 radical (unpaired) electrons. The highest BCUT2D eigenvalue weighted by atomic mass is 32.2. The Kier molecular flexibility index (Phi) is 5.51. The summed E-state index contributed by atoms with van der Waals surface area (Å²) in [5, 5.41) is 10.1. The number of allylic oxidation sites excluding steroid dienone is 2. The second-order valence-corrected chi connectivity index (χ2v) is 6.06. The van der Waals surface area contributed by atoms with Crippen molar-refractivity contribution in [3.63, 3.8) is 0 Å². The van der Waals surface area contributed by atoms with Crippen LogP contribution in [0.4, 0.5) is 0 Å². The Hall–Kier alpha value is -1.19. The summed E-state index contributed by atoms with van der Waals surface area (Å²) >= 11 is 0. The lowest BCUT2D eigenvalue weighted by Gasteiger charge is -2.17. The molecule has 2 nitrogen and oxygen atoms in total. The first-order valence-electron chi connectivity index (χ1n) is 5.96. The first kappa shape index (κ1) is 14.9. The van der Waals surface area contributed by atoms with Crippen molar-refractivity contribution in [3.05, 3.63) is 53.5 Å². The largest absolute Gasteiger partial charge is 0.388 e. The van der Waals surface area contributed by atoms with Crippen molar-refractivity contribution in [2.75, 3.05) is 0 Å². The first-order chi connectivity index (χ1) is 8.47. The van der Waals surface area contributed by atoms with Crippen molar-refractivity contribution >= 4 is 10.8 Å². The van der Waals surface area contributed by atoms with Gasteiger partial charge in [0.05, 0.1) is 16.9 Å². The topological polar surface area (TPSA) is 37.3 Å². The van der Waals surface area contributed by atoms with E-state index >= 15 is 0 Å². The molecule has 0 aliphatic heterocycles. The first-order valence-corrected chi connectivity index (χ1v) is 7.11. The maximum Gasteiger partial charge on any atom is 0.0899 e. The van der Waals surface area contributed by atoms with Crippen molar-refractivity contribution in [1.82, 2.24) is 0 Å². The molecule has 1 aromatic rings. The average Bonchev–Trinajstić information content (AvgIpc) is 2.35. The van der Waals surface area contributed by atoms with Gasteiger partial charge in [-0.2, -0.15) is 0 Å². The van der Waals surface area contributed by atoms with Crippen molar-refractivity contribution in [3.8, 4) is 0 Å². The molecule has 0 bridgehead atoms. The fourth-order valence-corrected chi connectivity index (χ4v) is 2.88. The molecule has 1 unspecified atom stereocenters. The highest BCUT2D eigenvalue weighted by Gasteiger charge is 2.21. The van der Waals surface area contributed by atoms with Gasteiger partial charge in [0.15, 0.2) is 0 Å². The molecule has 98 valence electrons. The van der Waals surface area contributed by atoms with Crippen molar-refractivity contribution in [2.24, 2.45) is 5.92 Å². The van der Waals surface area contributed by atoms with Crippen LogP contribution in [0.2, 0.25) is 0 Å². The normalized spacial score (nSPS) is 15.5. The van der Waals surface area contributed by atoms with Crippen LogP contribution in [0.25, 0.3) is 0 Å². The minimum Gasteiger partial charge on any atom is -0.388 e. The third kappa shape index (κ3) is 3.65. The van der Waals surface area contributed by atoms with Crippen LogP contribution >= 0.6 is 0 Å². The van der Waals surface area contributed by atoms with Crippen LogP contribution in [0, 0.1) is 12.8 Å². The standard InChI is InChI=1S/C15H20O2S/c1-5-6-14(15(16)11(2)3)18(17)13-9-7-12(4)8-10-13/h5-11,15-16H,1H2,2-4H3/b14-6+/t15-,18?/m0/s1. The molecule has 0 aliphatic rings. The third-order valence-electron chi connectivity index (χ3n) is 2.65. The lowest BCUT2D eigenvalue weighted by atomic mass is 10.1. The summed E-state index contributed by atoms with van der Waals surface area (Å²) in [5.74, 6) is 0.0191. The zero-order valence-electron chi connectivity index (χ0n) is 11.1. The summed E-state index contributed by atoms with van der Waals surface area (Å²) in [4.78, 5) is 1.21. The zero-order valence-corrected chi connectivity index (χ0v) is 11.9. The molecule has 3 heteroatoms. The number of hydrogen-bond acceptors (Lipinski definition) is 2. The molecule has 18 heavy (non-hydrogen) atoms.